The average molecular weight is 425 g/mol. The van der Waals surface area contributed by atoms with Gasteiger partial charge in [-0.1, -0.05) is 51.2 Å². The van der Waals surface area contributed by atoms with Crippen molar-refractivity contribution in [3.63, 3.8) is 0 Å². The largest absolute Gasteiger partial charge is 1.00 e. The molecule has 0 aromatic heterocycles. The zero-order valence-corrected chi connectivity index (χ0v) is 20.6. The Morgan fingerprint density at radius 2 is 1.43 bits per heavy atom. The molecule has 0 aliphatic rings. The van der Waals surface area contributed by atoms with Crippen molar-refractivity contribution in [2.24, 2.45) is 0 Å². The van der Waals surface area contributed by atoms with Gasteiger partial charge in [-0.25, -0.2) is 8.42 Å². The smallest absolute Gasteiger partial charge is 0.748 e. The first-order valence-electron chi connectivity index (χ1n) is 9.83. The van der Waals surface area contributed by atoms with Gasteiger partial charge in [0, 0.05) is 0 Å². The molecule has 0 saturated carbocycles. The van der Waals surface area contributed by atoms with Gasteiger partial charge in [-0.3, -0.25) is 0 Å². The summed E-state index contributed by atoms with van der Waals surface area (Å²) in [6.45, 7) is 5.86. The van der Waals surface area contributed by atoms with Crippen LogP contribution in [0.1, 0.15) is 64.9 Å². The van der Waals surface area contributed by atoms with Crippen molar-refractivity contribution in [3.8, 4) is 5.75 Å². The minimum atomic E-state index is -4.60. The predicted octanol–water partition coefficient (Wildman–Crippen LogP) is 1.24. The molecule has 0 amide bonds. The second-order valence-corrected chi connectivity index (χ2v) is 7.92. The van der Waals surface area contributed by atoms with Gasteiger partial charge in [0.15, 0.2) is 0 Å². The first-order chi connectivity index (χ1) is 12.8. The van der Waals surface area contributed by atoms with Crippen molar-refractivity contribution < 1.29 is 56.7 Å². The van der Waals surface area contributed by atoms with Crippen molar-refractivity contribution in [3.05, 3.63) is 29.8 Å². The molecule has 0 fully saturated rings. The fourth-order valence-electron chi connectivity index (χ4n) is 2.88. The van der Waals surface area contributed by atoms with E-state index in [-0.39, 0.29) is 42.8 Å². The number of hydrogen-bond acceptors (Lipinski definition) is 6. The Kier molecular flexibility index (Phi) is 14.7. The van der Waals surface area contributed by atoms with Gasteiger partial charge >= 0.3 is 35.5 Å². The van der Waals surface area contributed by atoms with Gasteiger partial charge in [-0.05, 0) is 44.4 Å². The Morgan fingerprint density at radius 3 is 1.93 bits per heavy atom. The van der Waals surface area contributed by atoms with Gasteiger partial charge in [0.2, 0.25) is 0 Å². The first-order valence-corrected chi connectivity index (χ1v) is 11.4. The Bertz CT molecular complexity index is 612. The summed E-state index contributed by atoms with van der Waals surface area (Å²) in [5.41, 5.74) is 1.19. The maximum Gasteiger partial charge on any atom is 1.00 e. The van der Waals surface area contributed by atoms with Crippen molar-refractivity contribution >= 4 is 10.1 Å². The molecule has 0 aliphatic heterocycles. The summed E-state index contributed by atoms with van der Waals surface area (Å²) in [4.78, 5) is 0. The normalized spacial score (nSPS) is 11.9. The van der Waals surface area contributed by atoms with Crippen LogP contribution in [0, 0.1) is 0 Å². The number of unbranched alkanes of at least 4 members (excludes halogenated alkanes) is 5. The molecular weight excluding hydrogens is 391 g/mol. The minimum absolute atomic E-state index is 0. The van der Waals surface area contributed by atoms with Crippen LogP contribution in [0.2, 0.25) is 0 Å². The summed E-state index contributed by atoms with van der Waals surface area (Å²) in [6.07, 6.45) is 8.46. The molecule has 1 rings (SSSR count). The zero-order chi connectivity index (χ0) is 20.2. The predicted molar refractivity (Wildman–Crippen MR) is 105 cm³/mol. The van der Waals surface area contributed by atoms with Gasteiger partial charge < -0.3 is 18.8 Å². The van der Waals surface area contributed by atoms with Crippen molar-refractivity contribution in [2.45, 2.75) is 71.7 Å². The van der Waals surface area contributed by atoms with Crippen LogP contribution in [0.15, 0.2) is 24.3 Å². The summed E-state index contributed by atoms with van der Waals surface area (Å²) in [5, 5.41) is 0. The van der Waals surface area contributed by atoms with Gasteiger partial charge in [-0.15, -0.1) is 0 Å². The number of rotatable bonds is 15. The number of ether oxygens (including phenoxy) is 3. The molecule has 28 heavy (non-hydrogen) atoms. The standard InChI is InChI=1S/C20H34O6S.Na/c1-4-7-8-9-10-11-12-18-13-15-19(16-14-18)26-20(24-5-2,25-6-3)17-27(21,22)23;/h13-16H,4-12,17H2,1-3H3,(H,21,22,23);/q;+1/p-1. The Balaban J connectivity index is 0.00000729. The third-order valence-corrected chi connectivity index (χ3v) is 4.80. The maximum atomic E-state index is 11.3. The topological polar surface area (TPSA) is 84.9 Å². The van der Waals surface area contributed by atoms with Gasteiger partial charge in [0.1, 0.15) is 21.6 Å². The Hall–Kier alpha value is -0.150. The molecule has 0 spiro atoms. The van der Waals surface area contributed by atoms with Crippen molar-refractivity contribution in [2.75, 3.05) is 19.0 Å². The molecule has 0 atom stereocenters. The van der Waals surface area contributed by atoms with Gasteiger partial charge in [0.25, 0.3) is 0 Å². The van der Waals surface area contributed by atoms with E-state index in [2.05, 4.69) is 6.92 Å². The summed E-state index contributed by atoms with van der Waals surface area (Å²) < 4.78 is 50.2. The molecule has 0 aliphatic carbocycles. The van der Waals surface area contributed by atoms with Crippen LogP contribution in [-0.2, 0) is 26.0 Å². The molecular formula is C20H33NaO6S. The van der Waals surface area contributed by atoms with E-state index in [0.717, 1.165) is 12.8 Å². The molecule has 0 saturated heterocycles. The Labute approximate surface area is 192 Å². The first kappa shape index (κ1) is 27.8. The van der Waals surface area contributed by atoms with E-state index in [1.807, 2.05) is 12.1 Å². The minimum Gasteiger partial charge on any atom is -0.748 e. The van der Waals surface area contributed by atoms with Crippen LogP contribution in [0.25, 0.3) is 0 Å². The van der Waals surface area contributed by atoms with Gasteiger partial charge in [0.05, 0.1) is 13.2 Å². The molecule has 0 heterocycles. The summed E-state index contributed by atoms with van der Waals surface area (Å²) >= 11 is 0. The summed E-state index contributed by atoms with van der Waals surface area (Å²) in [5.74, 6) is -2.45. The van der Waals surface area contributed by atoms with Crippen LogP contribution < -0.4 is 34.3 Å². The van der Waals surface area contributed by atoms with Crippen molar-refractivity contribution in [1.29, 1.82) is 0 Å². The van der Waals surface area contributed by atoms with Crippen LogP contribution in [0.5, 0.6) is 5.75 Å². The molecule has 8 heteroatoms. The Morgan fingerprint density at radius 1 is 0.893 bits per heavy atom. The molecule has 0 unspecified atom stereocenters. The quantitative estimate of drug-likeness (QED) is 0.182. The fraction of sp³-hybridized carbons (Fsp3) is 0.700. The van der Waals surface area contributed by atoms with Gasteiger partial charge in [-0.2, -0.15) is 0 Å². The summed E-state index contributed by atoms with van der Waals surface area (Å²) in [7, 11) is -4.60. The van der Waals surface area contributed by atoms with E-state index in [1.165, 1.54) is 37.7 Å². The molecule has 156 valence electrons. The monoisotopic (exact) mass is 424 g/mol. The molecule has 0 bridgehead atoms. The van der Waals surface area contributed by atoms with Crippen LogP contribution in [-0.4, -0.2) is 37.9 Å². The maximum absolute atomic E-state index is 11.3. The second-order valence-electron chi connectivity index (χ2n) is 6.51. The van der Waals surface area contributed by atoms with E-state index in [4.69, 9.17) is 14.2 Å². The number of aryl methyl sites for hydroxylation is 1. The zero-order valence-electron chi connectivity index (χ0n) is 17.7. The molecule has 0 radical (unpaired) electrons. The second kappa shape index (κ2) is 14.8. The van der Waals surface area contributed by atoms with E-state index in [0.29, 0.717) is 5.75 Å². The van der Waals surface area contributed by atoms with E-state index >= 15 is 0 Å². The average Bonchev–Trinajstić information content (AvgIpc) is 2.58. The van der Waals surface area contributed by atoms with Crippen LogP contribution >= 0.6 is 0 Å². The van der Waals surface area contributed by atoms with Crippen LogP contribution in [0.3, 0.4) is 0 Å². The van der Waals surface area contributed by atoms with E-state index < -0.39 is 21.8 Å². The molecule has 0 N–H and O–H groups in total. The van der Waals surface area contributed by atoms with Crippen LogP contribution in [0.4, 0.5) is 0 Å². The fourth-order valence-corrected chi connectivity index (χ4v) is 3.54. The number of benzene rings is 1. The van der Waals surface area contributed by atoms with Crippen molar-refractivity contribution in [1.82, 2.24) is 0 Å². The number of hydrogen-bond donors (Lipinski definition) is 0. The summed E-state index contributed by atoms with van der Waals surface area (Å²) in [6, 6.07) is 7.37. The third kappa shape index (κ3) is 11.8. The molecule has 6 nitrogen and oxygen atoms in total. The molecule has 1 aromatic rings. The van der Waals surface area contributed by atoms with E-state index in [9.17, 15) is 13.0 Å². The molecule has 1 aromatic carbocycles. The van der Waals surface area contributed by atoms with E-state index in [1.54, 1.807) is 26.0 Å². The SMILES string of the molecule is CCCCCCCCc1ccc(OC(CS(=O)(=O)[O-])(OCC)OCC)cc1.[Na+]. The third-order valence-electron chi connectivity index (χ3n) is 4.10.